The molecule has 0 bridgehead atoms. The van der Waals surface area contributed by atoms with Gasteiger partial charge in [-0.15, -0.1) is 0 Å². The molecule has 3 rings (SSSR count). The number of ether oxygens (including phenoxy) is 5. The average Bonchev–Trinajstić information content (AvgIpc) is 2.67. The topological polar surface area (TPSA) is 66.4 Å². The van der Waals surface area contributed by atoms with Crippen LogP contribution in [0.3, 0.4) is 0 Å². The lowest BCUT2D eigenvalue weighted by atomic mass is 9.89. The number of aromatic hydroxyl groups is 1. The van der Waals surface area contributed by atoms with E-state index in [9.17, 15) is 5.11 Å². The standard InChI is InChI=1S/C20H26O6/c1-22-11-15-18(23-2)20(25-4)19(24-3)17(26-15)14-10-9-12-7-5-6-8-13(12)16(14)21/h5-10,15,17-21H,11H2,1-4H3/t15?,17?,18-,19+,20?/m1/s1. The molecule has 2 aromatic rings. The van der Waals surface area contributed by atoms with Gasteiger partial charge in [-0.25, -0.2) is 0 Å². The van der Waals surface area contributed by atoms with Crippen molar-refractivity contribution in [2.75, 3.05) is 35.0 Å². The molecular weight excluding hydrogens is 336 g/mol. The van der Waals surface area contributed by atoms with Crippen LogP contribution in [0.15, 0.2) is 36.4 Å². The summed E-state index contributed by atoms with van der Waals surface area (Å²) in [6.07, 6.45) is -2.01. The van der Waals surface area contributed by atoms with Gasteiger partial charge in [-0.2, -0.15) is 0 Å². The van der Waals surface area contributed by atoms with Gasteiger partial charge in [0.25, 0.3) is 0 Å². The Labute approximate surface area is 153 Å². The first-order chi connectivity index (χ1) is 12.7. The maximum absolute atomic E-state index is 10.9. The Balaban J connectivity index is 2.05. The summed E-state index contributed by atoms with van der Waals surface area (Å²) in [7, 11) is 6.45. The molecule has 0 saturated carbocycles. The zero-order valence-corrected chi connectivity index (χ0v) is 15.5. The Morgan fingerprint density at radius 2 is 1.58 bits per heavy atom. The molecule has 1 aliphatic rings. The third kappa shape index (κ3) is 3.31. The molecule has 1 saturated heterocycles. The quantitative estimate of drug-likeness (QED) is 0.852. The number of fused-ring (bicyclic) bond motifs is 1. The largest absolute Gasteiger partial charge is 0.507 e. The van der Waals surface area contributed by atoms with E-state index in [1.807, 2.05) is 36.4 Å². The Morgan fingerprint density at radius 1 is 0.885 bits per heavy atom. The number of rotatable bonds is 6. The van der Waals surface area contributed by atoms with Crippen molar-refractivity contribution in [3.05, 3.63) is 42.0 Å². The molecule has 0 radical (unpaired) electrons. The molecule has 6 nitrogen and oxygen atoms in total. The molecule has 26 heavy (non-hydrogen) atoms. The molecule has 0 aliphatic carbocycles. The van der Waals surface area contributed by atoms with Crippen LogP contribution in [0.25, 0.3) is 10.8 Å². The van der Waals surface area contributed by atoms with Crippen molar-refractivity contribution in [2.45, 2.75) is 30.5 Å². The van der Waals surface area contributed by atoms with Crippen molar-refractivity contribution in [3.8, 4) is 5.75 Å². The lowest BCUT2D eigenvalue weighted by Gasteiger charge is -2.45. The molecule has 2 aromatic carbocycles. The Kier molecular flexibility index (Phi) is 6.11. The minimum atomic E-state index is -0.513. The summed E-state index contributed by atoms with van der Waals surface area (Å²) >= 11 is 0. The lowest BCUT2D eigenvalue weighted by molar-refractivity contribution is -0.252. The molecule has 1 heterocycles. The van der Waals surface area contributed by atoms with Crippen molar-refractivity contribution in [3.63, 3.8) is 0 Å². The summed E-state index contributed by atoms with van der Waals surface area (Å²) in [5.41, 5.74) is 0.660. The van der Waals surface area contributed by atoms with Gasteiger partial charge >= 0.3 is 0 Å². The van der Waals surface area contributed by atoms with Gasteiger partial charge in [0, 0.05) is 39.4 Å². The molecule has 3 unspecified atom stereocenters. The van der Waals surface area contributed by atoms with Crippen LogP contribution in [-0.2, 0) is 23.7 Å². The highest BCUT2D eigenvalue weighted by atomic mass is 16.6. The summed E-state index contributed by atoms with van der Waals surface area (Å²) in [4.78, 5) is 0. The summed E-state index contributed by atoms with van der Waals surface area (Å²) in [5.74, 6) is 0.192. The zero-order chi connectivity index (χ0) is 18.7. The minimum Gasteiger partial charge on any atom is -0.507 e. The second-order valence-corrected chi connectivity index (χ2v) is 6.38. The minimum absolute atomic E-state index is 0.192. The number of phenolic OH excluding ortho intramolecular Hbond substituents is 1. The predicted octanol–water partition coefficient (Wildman–Crippen LogP) is 2.68. The lowest BCUT2D eigenvalue weighted by Crippen LogP contribution is -2.57. The van der Waals surface area contributed by atoms with E-state index in [2.05, 4.69) is 0 Å². The van der Waals surface area contributed by atoms with Crippen molar-refractivity contribution >= 4 is 10.8 Å². The van der Waals surface area contributed by atoms with Crippen molar-refractivity contribution in [2.24, 2.45) is 0 Å². The van der Waals surface area contributed by atoms with Crippen LogP contribution in [-0.4, -0.2) is 64.6 Å². The fraction of sp³-hybridized carbons (Fsp3) is 0.500. The zero-order valence-electron chi connectivity index (χ0n) is 15.5. The maximum Gasteiger partial charge on any atom is 0.129 e. The van der Waals surface area contributed by atoms with Crippen LogP contribution in [0, 0.1) is 0 Å². The summed E-state index contributed by atoms with van der Waals surface area (Å²) in [6.45, 7) is 0.347. The van der Waals surface area contributed by atoms with Crippen molar-refractivity contribution < 1.29 is 28.8 Å². The van der Waals surface area contributed by atoms with Crippen LogP contribution in [0.2, 0.25) is 0 Å². The first-order valence-electron chi connectivity index (χ1n) is 8.59. The van der Waals surface area contributed by atoms with Crippen LogP contribution in [0.1, 0.15) is 11.7 Å². The summed E-state index contributed by atoms with van der Waals surface area (Å²) in [6, 6.07) is 11.5. The van der Waals surface area contributed by atoms with E-state index in [0.717, 1.165) is 10.8 Å². The Bertz CT molecular complexity index is 733. The number of hydrogen-bond acceptors (Lipinski definition) is 6. The van der Waals surface area contributed by atoms with E-state index in [1.165, 1.54) is 0 Å². The SMILES string of the molecule is COCC1OC(c2ccc3ccccc3c2O)[C@H](OC)C(OC)[C@@H]1OC. The number of methoxy groups -OCH3 is 4. The van der Waals surface area contributed by atoms with Crippen molar-refractivity contribution in [1.29, 1.82) is 0 Å². The van der Waals surface area contributed by atoms with Crippen LogP contribution < -0.4 is 0 Å². The van der Waals surface area contributed by atoms with Gasteiger partial charge in [0.15, 0.2) is 0 Å². The van der Waals surface area contributed by atoms with Gasteiger partial charge in [-0.3, -0.25) is 0 Å². The van der Waals surface area contributed by atoms with Gasteiger partial charge < -0.3 is 28.8 Å². The smallest absolute Gasteiger partial charge is 0.129 e. The molecule has 1 aliphatic heterocycles. The second-order valence-electron chi connectivity index (χ2n) is 6.38. The molecule has 0 amide bonds. The van der Waals surface area contributed by atoms with Crippen LogP contribution >= 0.6 is 0 Å². The van der Waals surface area contributed by atoms with Crippen LogP contribution in [0.5, 0.6) is 5.75 Å². The van der Waals surface area contributed by atoms with Crippen LogP contribution in [0.4, 0.5) is 0 Å². The van der Waals surface area contributed by atoms with E-state index >= 15 is 0 Å². The normalized spacial score (nSPS) is 29.2. The molecule has 142 valence electrons. The maximum atomic E-state index is 10.9. The first kappa shape index (κ1) is 19.1. The Morgan fingerprint density at radius 3 is 2.23 bits per heavy atom. The molecular formula is C20H26O6. The van der Waals surface area contributed by atoms with Gasteiger partial charge in [0.1, 0.15) is 36.3 Å². The fourth-order valence-electron chi connectivity index (χ4n) is 3.78. The van der Waals surface area contributed by atoms with E-state index in [4.69, 9.17) is 23.7 Å². The van der Waals surface area contributed by atoms with E-state index in [-0.39, 0.29) is 24.1 Å². The van der Waals surface area contributed by atoms with Crippen molar-refractivity contribution in [1.82, 2.24) is 0 Å². The predicted molar refractivity (Wildman–Crippen MR) is 97.5 cm³/mol. The molecule has 6 heteroatoms. The monoisotopic (exact) mass is 362 g/mol. The van der Waals surface area contributed by atoms with E-state index < -0.39 is 12.2 Å². The fourth-order valence-corrected chi connectivity index (χ4v) is 3.78. The molecule has 0 spiro atoms. The first-order valence-corrected chi connectivity index (χ1v) is 8.59. The van der Waals surface area contributed by atoms with Gasteiger partial charge in [0.2, 0.25) is 0 Å². The van der Waals surface area contributed by atoms with Gasteiger partial charge in [-0.1, -0.05) is 36.4 Å². The number of benzene rings is 2. The molecule has 1 fully saturated rings. The van der Waals surface area contributed by atoms with Gasteiger partial charge in [0.05, 0.1) is 6.61 Å². The third-order valence-electron chi connectivity index (χ3n) is 5.02. The molecule has 0 aromatic heterocycles. The highest BCUT2D eigenvalue weighted by Gasteiger charge is 2.48. The molecule has 5 atom stereocenters. The molecule has 1 N–H and O–H groups in total. The third-order valence-corrected chi connectivity index (χ3v) is 5.02. The van der Waals surface area contributed by atoms with E-state index in [1.54, 1.807) is 28.4 Å². The average molecular weight is 362 g/mol. The number of hydrogen-bond donors (Lipinski definition) is 1. The summed E-state index contributed by atoms with van der Waals surface area (Å²) < 4.78 is 28.6. The van der Waals surface area contributed by atoms with E-state index in [0.29, 0.717) is 12.2 Å². The Hall–Kier alpha value is -1.70. The number of phenols is 1. The highest BCUT2D eigenvalue weighted by molar-refractivity contribution is 5.89. The van der Waals surface area contributed by atoms with Gasteiger partial charge in [-0.05, 0) is 5.39 Å². The highest BCUT2D eigenvalue weighted by Crippen LogP contribution is 2.42. The second kappa shape index (κ2) is 8.33. The summed E-state index contributed by atoms with van der Waals surface area (Å²) in [5, 5.41) is 12.6.